The van der Waals surface area contributed by atoms with Gasteiger partial charge < -0.3 is 15.4 Å². The minimum absolute atomic E-state index is 0.113. The second-order valence-corrected chi connectivity index (χ2v) is 6.16. The van der Waals surface area contributed by atoms with Gasteiger partial charge in [-0.15, -0.1) is 0 Å². The summed E-state index contributed by atoms with van der Waals surface area (Å²) in [5.74, 6) is 1.34. The number of urea groups is 1. The van der Waals surface area contributed by atoms with Crippen molar-refractivity contribution >= 4 is 11.7 Å². The molecule has 0 atom stereocenters. The van der Waals surface area contributed by atoms with Gasteiger partial charge in [0.2, 0.25) is 0 Å². The van der Waals surface area contributed by atoms with E-state index in [0.29, 0.717) is 18.6 Å². The number of rotatable bonds is 5. The molecule has 0 unspecified atom stereocenters. The van der Waals surface area contributed by atoms with Gasteiger partial charge in [0, 0.05) is 11.7 Å². The Morgan fingerprint density at radius 2 is 1.86 bits per heavy atom. The van der Waals surface area contributed by atoms with Crippen molar-refractivity contribution in [3.63, 3.8) is 0 Å². The van der Waals surface area contributed by atoms with Crippen molar-refractivity contribution in [1.82, 2.24) is 5.32 Å². The summed E-state index contributed by atoms with van der Waals surface area (Å²) in [7, 11) is 0. The molecule has 2 amide bonds. The minimum Gasteiger partial charge on any atom is -0.493 e. The van der Waals surface area contributed by atoms with Crippen molar-refractivity contribution < 1.29 is 9.53 Å². The Balaban J connectivity index is 1.77. The fraction of sp³-hybridized carbons (Fsp3) is 0.588. The molecule has 2 N–H and O–H groups in total. The normalized spacial score (nSPS) is 15.8. The maximum absolute atomic E-state index is 11.9. The second-order valence-electron chi connectivity index (χ2n) is 6.16. The first-order valence-corrected chi connectivity index (χ1v) is 7.94. The molecule has 1 aromatic rings. The number of amides is 2. The molecule has 0 aliphatic heterocycles. The van der Waals surface area contributed by atoms with Gasteiger partial charge in [0.1, 0.15) is 5.75 Å². The summed E-state index contributed by atoms with van der Waals surface area (Å²) < 4.78 is 5.62. The van der Waals surface area contributed by atoms with Crippen LogP contribution in [-0.2, 0) is 0 Å². The fourth-order valence-electron chi connectivity index (χ4n) is 2.50. The molecule has 1 aromatic carbocycles. The first-order valence-electron chi connectivity index (χ1n) is 7.94. The quantitative estimate of drug-likeness (QED) is 0.855. The lowest BCUT2D eigenvalue weighted by Crippen LogP contribution is -2.38. The van der Waals surface area contributed by atoms with Crippen molar-refractivity contribution in [3.05, 3.63) is 24.3 Å². The molecular formula is C17H26N2O2. The van der Waals surface area contributed by atoms with Crippen LogP contribution in [0.5, 0.6) is 5.75 Å². The van der Waals surface area contributed by atoms with Gasteiger partial charge in [0.15, 0.2) is 0 Å². The number of anilines is 1. The molecule has 0 aromatic heterocycles. The van der Waals surface area contributed by atoms with Crippen LogP contribution in [0.25, 0.3) is 0 Å². The Morgan fingerprint density at radius 3 is 2.48 bits per heavy atom. The summed E-state index contributed by atoms with van der Waals surface area (Å²) in [5.41, 5.74) is 0.792. The summed E-state index contributed by atoms with van der Waals surface area (Å²) in [6.07, 6.45) is 5.90. The first-order chi connectivity index (χ1) is 10.1. The number of hydrogen-bond acceptors (Lipinski definition) is 2. The van der Waals surface area contributed by atoms with Gasteiger partial charge in [-0.1, -0.05) is 33.1 Å². The number of hydrogen-bond donors (Lipinski definition) is 2. The molecule has 1 saturated carbocycles. The van der Waals surface area contributed by atoms with Crippen molar-refractivity contribution in [3.8, 4) is 5.75 Å². The average molecular weight is 290 g/mol. The molecule has 0 radical (unpaired) electrons. The van der Waals surface area contributed by atoms with Crippen LogP contribution in [0, 0.1) is 5.92 Å². The zero-order chi connectivity index (χ0) is 15.1. The summed E-state index contributed by atoms with van der Waals surface area (Å²) in [5, 5.41) is 5.92. The molecule has 4 nitrogen and oxygen atoms in total. The molecule has 0 bridgehead atoms. The lowest BCUT2D eigenvalue weighted by atomic mass is 9.96. The number of nitrogens with one attached hydrogen (secondary N) is 2. The highest BCUT2D eigenvalue weighted by Gasteiger charge is 2.15. The van der Waals surface area contributed by atoms with E-state index < -0.39 is 0 Å². The van der Waals surface area contributed by atoms with Gasteiger partial charge in [-0.25, -0.2) is 4.79 Å². The van der Waals surface area contributed by atoms with Crippen LogP contribution >= 0.6 is 0 Å². The first kappa shape index (κ1) is 15.7. The van der Waals surface area contributed by atoms with E-state index in [4.69, 9.17) is 4.74 Å². The Bertz CT molecular complexity index is 437. The van der Waals surface area contributed by atoms with E-state index in [-0.39, 0.29) is 6.03 Å². The second kappa shape index (κ2) is 7.91. The molecule has 1 aliphatic carbocycles. The van der Waals surface area contributed by atoms with E-state index in [1.54, 1.807) is 0 Å². The summed E-state index contributed by atoms with van der Waals surface area (Å²) >= 11 is 0. The predicted octanol–water partition coefficient (Wildman–Crippen LogP) is 4.18. The number of ether oxygens (including phenoxy) is 1. The highest BCUT2D eigenvalue weighted by molar-refractivity contribution is 5.89. The van der Waals surface area contributed by atoms with Gasteiger partial charge in [0.25, 0.3) is 0 Å². The smallest absolute Gasteiger partial charge is 0.319 e. The monoisotopic (exact) mass is 290 g/mol. The van der Waals surface area contributed by atoms with Crippen molar-refractivity contribution in [1.29, 1.82) is 0 Å². The van der Waals surface area contributed by atoms with E-state index in [9.17, 15) is 4.79 Å². The Hall–Kier alpha value is -1.71. The number of benzene rings is 1. The van der Waals surface area contributed by atoms with Crippen LogP contribution in [0.4, 0.5) is 10.5 Å². The molecule has 4 heteroatoms. The Labute approximate surface area is 127 Å². The third kappa shape index (κ3) is 5.66. The molecule has 0 saturated heterocycles. The van der Waals surface area contributed by atoms with Crippen molar-refractivity contribution in [2.75, 3.05) is 11.9 Å². The summed E-state index contributed by atoms with van der Waals surface area (Å²) in [6, 6.07) is 7.73. The van der Waals surface area contributed by atoms with Crippen LogP contribution < -0.4 is 15.4 Å². The predicted molar refractivity (Wildman–Crippen MR) is 85.8 cm³/mol. The van der Waals surface area contributed by atoms with Crippen LogP contribution in [0.3, 0.4) is 0 Å². The van der Waals surface area contributed by atoms with E-state index in [2.05, 4.69) is 24.5 Å². The maximum Gasteiger partial charge on any atom is 0.319 e. The van der Waals surface area contributed by atoms with Crippen molar-refractivity contribution in [2.45, 2.75) is 52.0 Å². The van der Waals surface area contributed by atoms with E-state index in [1.165, 1.54) is 19.3 Å². The molecule has 21 heavy (non-hydrogen) atoms. The van der Waals surface area contributed by atoms with Crippen molar-refractivity contribution in [2.24, 2.45) is 5.92 Å². The van der Waals surface area contributed by atoms with Crippen LogP contribution in [0.2, 0.25) is 0 Å². The molecule has 116 valence electrons. The van der Waals surface area contributed by atoms with Gasteiger partial charge in [0.05, 0.1) is 6.61 Å². The average Bonchev–Trinajstić information content (AvgIpc) is 2.47. The van der Waals surface area contributed by atoms with Gasteiger partial charge in [-0.3, -0.25) is 0 Å². The van der Waals surface area contributed by atoms with Crippen LogP contribution in [0.1, 0.15) is 46.0 Å². The Morgan fingerprint density at radius 1 is 1.19 bits per heavy atom. The zero-order valence-electron chi connectivity index (χ0n) is 13.0. The lowest BCUT2D eigenvalue weighted by molar-refractivity contribution is 0.244. The minimum atomic E-state index is -0.113. The number of carbonyl (C=O) groups excluding carboxylic acids is 1. The highest BCUT2D eigenvalue weighted by atomic mass is 16.5. The van der Waals surface area contributed by atoms with E-state index in [0.717, 1.165) is 24.3 Å². The molecule has 1 aliphatic rings. The maximum atomic E-state index is 11.9. The Kier molecular flexibility index (Phi) is 5.90. The van der Waals surface area contributed by atoms with E-state index in [1.807, 2.05) is 24.3 Å². The molecule has 2 rings (SSSR count). The molecular weight excluding hydrogens is 264 g/mol. The fourth-order valence-corrected chi connectivity index (χ4v) is 2.50. The highest BCUT2D eigenvalue weighted by Crippen LogP contribution is 2.18. The van der Waals surface area contributed by atoms with Gasteiger partial charge in [-0.2, -0.15) is 0 Å². The summed E-state index contributed by atoms with van der Waals surface area (Å²) in [4.78, 5) is 11.9. The van der Waals surface area contributed by atoms with Gasteiger partial charge >= 0.3 is 6.03 Å². The summed E-state index contributed by atoms with van der Waals surface area (Å²) in [6.45, 7) is 4.94. The third-order valence-electron chi connectivity index (χ3n) is 3.64. The SMILES string of the molecule is CC(C)COc1ccc(NC(=O)NC2CCCCC2)cc1. The third-order valence-corrected chi connectivity index (χ3v) is 3.64. The largest absolute Gasteiger partial charge is 0.493 e. The van der Waals surface area contributed by atoms with E-state index >= 15 is 0 Å². The topological polar surface area (TPSA) is 50.4 Å². The van der Waals surface area contributed by atoms with Gasteiger partial charge in [-0.05, 0) is 43.0 Å². The molecule has 0 spiro atoms. The van der Waals surface area contributed by atoms with Crippen LogP contribution in [-0.4, -0.2) is 18.7 Å². The number of carbonyl (C=O) groups is 1. The van der Waals surface area contributed by atoms with Crippen LogP contribution in [0.15, 0.2) is 24.3 Å². The standard InChI is InChI=1S/C17H26N2O2/c1-13(2)12-21-16-10-8-15(9-11-16)19-17(20)18-14-6-4-3-5-7-14/h8-11,13-14H,3-7,12H2,1-2H3,(H2,18,19,20). The lowest BCUT2D eigenvalue weighted by Gasteiger charge is -2.22. The zero-order valence-corrected chi connectivity index (χ0v) is 13.0. The molecule has 0 heterocycles. The molecule has 1 fully saturated rings.